The lowest BCUT2D eigenvalue weighted by molar-refractivity contribution is -0.132. The van der Waals surface area contributed by atoms with Gasteiger partial charge in [0.05, 0.1) is 5.41 Å². The molecule has 1 unspecified atom stereocenters. The van der Waals surface area contributed by atoms with Crippen molar-refractivity contribution in [2.75, 3.05) is 20.3 Å². The summed E-state index contributed by atoms with van der Waals surface area (Å²) >= 11 is 0. The molecule has 124 valence electrons. The predicted molar refractivity (Wildman–Crippen MR) is 91.0 cm³/mol. The van der Waals surface area contributed by atoms with E-state index >= 15 is 0 Å². The lowest BCUT2D eigenvalue weighted by Gasteiger charge is -2.28. The van der Waals surface area contributed by atoms with E-state index in [-0.39, 0.29) is 29.8 Å². The Labute approximate surface area is 139 Å². The number of nitrogens with two attached hydrogens (primary N) is 1. The molecular weight excluding hydrogens is 300 g/mol. The Morgan fingerprint density at radius 2 is 1.95 bits per heavy atom. The van der Waals surface area contributed by atoms with Crippen LogP contribution in [0.3, 0.4) is 0 Å². The fraction of sp³-hybridized carbons (Fsp3) is 0.588. The van der Waals surface area contributed by atoms with E-state index in [1.54, 1.807) is 7.11 Å². The number of benzene rings is 1. The van der Waals surface area contributed by atoms with Gasteiger partial charge in [-0.15, -0.1) is 12.4 Å². The van der Waals surface area contributed by atoms with E-state index in [2.05, 4.69) is 5.32 Å². The van der Waals surface area contributed by atoms with Crippen molar-refractivity contribution in [3.05, 3.63) is 35.9 Å². The average Bonchev–Trinajstić information content (AvgIpc) is 3.01. The van der Waals surface area contributed by atoms with E-state index in [1.165, 1.54) is 0 Å². The van der Waals surface area contributed by atoms with Crippen LogP contribution in [0.4, 0.5) is 0 Å². The quantitative estimate of drug-likeness (QED) is 0.809. The Bertz CT molecular complexity index is 447. The van der Waals surface area contributed by atoms with Crippen molar-refractivity contribution in [3.8, 4) is 0 Å². The largest absolute Gasteiger partial charge is 0.385 e. The number of carbonyl (C=O) groups is 1. The van der Waals surface area contributed by atoms with Crippen LogP contribution in [0.25, 0.3) is 0 Å². The van der Waals surface area contributed by atoms with Crippen LogP contribution in [0.1, 0.15) is 43.7 Å². The number of carbonyl (C=O) groups excluding carboxylic acids is 1. The molecule has 0 heterocycles. The molecule has 1 atom stereocenters. The van der Waals surface area contributed by atoms with Gasteiger partial charge < -0.3 is 15.8 Å². The Kier molecular flexibility index (Phi) is 7.87. The van der Waals surface area contributed by atoms with Gasteiger partial charge in [-0.1, -0.05) is 43.2 Å². The Balaban J connectivity index is 0.00000242. The van der Waals surface area contributed by atoms with Gasteiger partial charge in [0.1, 0.15) is 0 Å². The zero-order chi connectivity index (χ0) is 15.1. The molecule has 0 spiro atoms. The monoisotopic (exact) mass is 326 g/mol. The Morgan fingerprint density at radius 1 is 1.32 bits per heavy atom. The first-order valence-corrected chi connectivity index (χ1v) is 7.76. The number of hydrogen-bond donors (Lipinski definition) is 2. The number of halogens is 1. The number of ether oxygens (including phenoxy) is 1. The molecule has 0 saturated heterocycles. The van der Waals surface area contributed by atoms with E-state index in [4.69, 9.17) is 10.5 Å². The Morgan fingerprint density at radius 3 is 2.55 bits per heavy atom. The molecule has 5 heteroatoms. The van der Waals surface area contributed by atoms with Gasteiger partial charge in [0, 0.05) is 26.3 Å². The zero-order valence-corrected chi connectivity index (χ0v) is 14.0. The van der Waals surface area contributed by atoms with E-state index in [0.717, 1.165) is 37.7 Å². The molecule has 1 aliphatic rings. The summed E-state index contributed by atoms with van der Waals surface area (Å²) in [5.41, 5.74) is 6.95. The van der Waals surface area contributed by atoms with E-state index < -0.39 is 0 Å². The van der Waals surface area contributed by atoms with Crippen molar-refractivity contribution in [1.29, 1.82) is 0 Å². The first kappa shape index (κ1) is 18.9. The van der Waals surface area contributed by atoms with Crippen LogP contribution in [0.2, 0.25) is 0 Å². The molecule has 1 aliphatic carbocycles. The van der Waals surface area contributed by atoms with Gasteiger partial charge in [0.2, 0.25) is 5.91 Å². The molecule has 3 N–H and O–H groups in total. The highest BCUT2D eigenvalue weighted by Crippen LogP contribution is 2.41. The van der Waals surface area contributed by atoms with Crippen molar-refractivity contribution < 1.29 is 9.53 Å². The van der Waals surface area contributed by atoms with Gasteiger partial charge in [0.15, 0.2) is 0 Å². The number of hydrogen-bond acceptors (Lipinski definition) is 3. The minimum atomic E-state index is -0.244. The molecule has 1 amide bonds. The molecule has 2 rings (SSSR count). The highest BCUT2D eigenvalue weighted by atomic mass is 35.5. The van der Waals surface area contributed by atoms with Crippen LogP contribution in [0.5, 0.6) is 0 Å². The summed E-state index contributed by atoms with van der Waals surface area (Å²) in [6.07, 6.45) is 4.98. The maximum absolute atomic E-state index is 12.6. The maximum atomic E-state index is 12.6. The van der Waals surface area contributed by atoms with Gasteiger partial charge in [-0.05, 0) is 24.8 Å². The molecule has 22 heavy (non-hydrogen) atoms. The summed E-state index contributed by atoms with van der Waals surface area (Å²) in [6.45, 7) is 1.12. The molecule has 1 fully saturated rings. The highest BCUT2D eigenvalue weighted by Gasteiger charge is 2.40. The van der Waals surface area contributed by atoms with Crippen molar-refractivity contribution in [3.63, 3.8) is 0 Å². The third-order valence-corrected chi connectivity index (χ3v) is 4.54. The fourth-order valence-corrected chi connectivity index (χ4v) is 3.15. The standard InChI is InChI=1S/C17H26N2O2.ClH/c1-21-12-11-17(9-5-6-10-17)16(20)19-13-15(18)14-7-3-2-4-8-14;/h2-4,7-8,15H,5-6,9-13,18H2,1H3,(H,19,20);1H. The third kappa shape index (κ3) is 4.70. The molecule has 1 saturated carbocycles. The minimum absolute atomic E-state index is 0. The van der Waals surface area contributed by atoms with Crippen molar-refractivity contribution in [2.24, 2.45) is 11.1 Å². The van der Waals surface area contributed by atoms with Gasteiger partial charge in [-0.3, -0.25) is 4.79 Å². The smallest absolute Gasteiger partial charge is 0.226 e. The maximum Gasteiger partial charge on any atom is 0.226 e. The lowest BCUT2D eigenvalue weighted by Crippen LogP contribution is -2.42. The molecule has 0 aromatic heterocycles. The van der Waals surface area contributed by atoms with Gasteiger partial charge >= 0.3 is 0 Å². The first-order chi connectivity index (χ1) is 10.2. The SMILES string of the molecule is COCCC1(C(=O)NCC(N)c2ccccc2)CCCC1.Cl. The second kappa shape index (κ2) is 9.13. The summed E-state index contributed by atoms with van der Waals surface area (Å²) in [4.78, 5) is 12.6. The zero-order valence-electron chi connectivity index (χ0n) is 13.2. The van der Waals surface area contributed by atoms with Crippen molar-refractivity contribution in [2.45, 2.75) is 38.1 Å². The summed E-state index contributed by atoms with van der Waals surface area (Å²) < 4.78 is 5.17. The summed E-state index contributed by atoms with van der Waals surface area (Å²) in [7, 11) is 1.69. The molecular formula is C17H27ClN2O2. The molecule has 0 radical (unpaired) electrons. The molecule has 0 aliphatic heterocycles. The summed E-state index contributed by atoms with van der Waals surface area (Å²) in [5, 5.41) is 3.05. The van der Waals surface area contributed by atoms with E-state index in [0.29, 0.717) is 13.2 Å². The van der Waals surface area contributed by atoms with Crippen LogP contribution in [0.15, 0.2) is 30.3 Å². The molecule has 1 aromatic rings. The summed E-state index contributed by atoms with van der Waals surface area (Å²) in [5.74, 6) is 0.142. The van der Waals surface area contributed by atoms with Crippen LogP contribution < -0.4 is 11.1 Å². The van der Waals surface area contributed by atoms with Crippen molar-refractivity contribution in [1.82, 2.24) is 5.32 Å². The number of rotatable bonds is 7. The van der Waals surface area contributed by atoms with Crippen LogP contribution >= 0.6 is 12.4 Å². The highest BCUT2D eigenvalue weighted by molar-refractivity contribution is 5.85. The first-order valence-electron chi connectivity index (χ1n) is 7.76. The number of amides is 1. The fourth-order valence-electron chi connectivity index (χ4n) is 3.15. The molecule has 1 aromatic carbocycles. The minimum Gasteiger partial charge on any atom is -0.385 e. The van der Waals surface area contributed by atoms with Gasteiger partial charge in [0.25, 0.3) is 0 Å². The third-order valence-electron chi connectivity index (χ3n) is 4.54. The number of nitrogens with one attached hydrogen (secondary N) is 1. The second-order valence-electron chi connectivity index (χ2n) is 5.96. The molecule has 0 bridgehead atoms. The normalized spacial score (nSPS) is 17.5. The topological polar surface area (TPSA) is 64.3 Å². The van der Waals surface area contributed by atoms with Crippen LogP contribution in [-0.4, -0.2) is 26.2 Å². The average molecular weight is 327 g/mol. The predicted octanol–water partition coefficient (Wildman–Crippen LogP) is 2.82. The van der Waals surface area contributed by atoms with E-state index in [1.807, 2.05) is 30.3 Å². The van der Waals surface area contributed by atoms with E-state index in [9.17, 15) is 4.79 Å². The van der Waals surface area contributed by atoms with Crippen LogP contribution in [0, 0.1) is 5.41 Å². The second-order valence-corrected chi connectivity index (χ2v) is 5.96. The Hall–Kier alpha value is -1.10. The summed E-state index contributed by atoms with van der Waals surface area (Å²) in [6, 6.07) is 9.73. The lowest BCUT2D eigenvalue weighted by atomic mass is 9.82. The van der Waals surface area contributed by atoms with Crippen molar-refractivity contribution >= 4 is 18.3 Å². The number of methoxy groups -OCH3 is 1. The van der Waals surface area contributed by atoms with Gasteiger partial charge in [-0.2, -0.15) is 0 Å². The molecule has 4 nitrogen and oxygen atoms in total. The van der Waals surface area contributed by atoms with Gasteiger partial charge in [-0.25, -0.2) is 0 Å². The van der Waals surface area contributed by atoms with Crippen LogP contribution in [-0.2, 0) is 9.53 Å².